The summed E-state index contributed by atoms with van der Waals surface area (Å²) < 4.78 is 21.9. The highest BCUT2D eigenvalue weighted by Crippen LogP contribution is 1.92. The van der Waals surface area contributed by atoms with Crippen molar-refractivity contribution in [2.24, 2.45) is 5.73 Å². The van der Waals surface area contributed by atoms with Gasteiger partial charge in [-0.15, -0.1) is 0 Å². The highest BCUT2D eigenvalue weighted by atomic mass is 32.2. The molecule has 16 heavy (non-hydrogen) atoms. The quantitative estimate of drug-likeness (QED) is 0.543. The summed E-state index contributed by atoms with van der Waals surface area (Å²) in [5.41, 5.74) is 5.21. The van der Waals surface area contributed by atoms with Crippen molar-refractivity contribution in [3.05, 3.63) is 0 Å². The number of primary amides is 1. The van der Waals surface area contributed by atoms with Crippen LogP contribution in [-0.4, -0.2) is 64.0 Å². The number of carbonyl (C=O) groups excluding carboxylic acids is 1. The second-order valence-electron chi connectivity index (χ2n) is 3.90. The van der Waals surface area contributed by atoms with Crippen LogP contribution in [0, 0.1) is 0 Å². The molecule has 0 aliphatic heterocycles. The molecule has 0 aromatic rings. The molecule has 0 rings (SSSR count). The molecule has 3 N–H and O–H groups in total. The molecule has 0 bridgehead atoms. The first-order valence-corrected chi connectivity index (χ1v) is 7.21. The first-order chi connectivity index (χ1) is 7.26. The molecule has 96 valence electrons. The molecule has 0 aromatic heterocycles. The number of sulfone groups is 1. The number of amides is 1. The van der Waals surface area contributed by atoms with Crippen molar-refractivity contribution in [1.29, 1.82) is 0 Å². The third-order valence-corrected chi connectivity index (χ3v) is 3.06. The second kappa shape index (κ2) is 6.82. The minimum absolute atomic E-state index is 0.0844. The molecule has 7 heteroatoms. The minimum atomic E-state index is -2.97. The fourth-order valence-electron chi connectivity index (χ4n) is 1.23. The van der Waals surface area contributed by atoms with Crippen molar-refractivity contribution in [3.63, 3.8) is 0 Å². The fraction of sp³-hybridized carbons (Fsp3) is 0.889. The van der Waals surface area contributed by atoms with Crippen molar-refractivity contribution < 1.29 is 13.2 Å². The lowest BCUT2D eigenvalue weighted by Crippen LogP contribution is -2.48. The predicted octanol–water partition coefficient (Wildman–Crippen LogP) is -1.57. The molecule has 1 unspecified atom stereocenters. The zero-order valence-electron chi connectivity index (χ0n) is 10.1. The lowest BCUT2D eigenvalue weighted by atomic mass is 10.2. The largest absolute Gasteiger partial charge is 0.368 e. The number of nitrogens with one attached hydrogen (secondary N) is 1. The molecule has 0 fully saturated rings. The Hall–Kier alpha value is -0.660. The van der Waals surface area contributed by atoms with Crippen molar-refractivity contribution >= 4 is 15.7 Å². The summed E-state index contributed by atoms with van der Waals surface area (Å²) in [6.45, 7) is 3.34. The third-order valence-electron chi connectivity index (χ3n) is 2.13. The Kier molecular flexibility index (Phi) is 6.54. The first-order valence-electron chi connectivity index (χ1n) is 5.15. The number of likely N-dealkylation sites (N-methyl/N-ethyl adjacent to an activating group) is 2. The van der Waals surface area contributed by atoms with E-state index in [1.54, 1.807) is 11.9 Å². The van der Waals surface area contributed by atoms with E-state index in [1.807, 2.05) is 6.92 Å². The van der Waals surface area contributed by atoms with Crippen LogP contribution in [0.5, 0.6) is 0 Å². The van der Waals surface area contributed by atoms with Gasteiger partial charge in [-0.25, -0.2) is 8.42 Å². The summed E-state index contributed by atoms with van der Waals surface area (Å²) in [7, 11) is -1.20. The number of nitrogens with zero attached hydrogens (tertiary/aromatic N) is 1. The summed E-state index contributed by atoms with van der Waals surface area (Å²) in [5.74, 6) is -0.339. The Morgan fingerprint density at radius 2 is 2.06 bits per heavy atom. The zero-order valence-corrected chi connectivity index (χ0v) is 10.9. The average Bonchev–Trinajstić information content (AvgIpc) is 2.13. The Morgan fingerprint density at radius 1 is 1.50 bits per heavy atom. The second-order valence-corrected chi connectivity index (χ2v) is 6.16. The standard InChI is InChI=1S/C9H21N3O3S/c1-4-11-8(9(10)13)7-12(2)5-6-16(3,14)15/h8,11H,4-7H2,1-3H3,(H2,10,13). The van der Waals surface area contributed by atoms with E-state index in [0.29, 0.717) is 19.6 Å². The van der Waals surface area contributed by atoms with E-state index < -0.39 is 21.8 Å². The van der Waals surface area contributed by atoms with Gasteiger partial charge in [0.25, 0.3) is 0 Å². The summed E-state index contributed by atoms with van der Waals surface area (Å²) in [6.07, 6.45) is 1.19. The highest BCUT2D eigenvalue weighted by Gasteiger charge is 2.16. The average molecular weight is 251 g/mol. The number of nitrogens with two attached hydrogens (primary N) is 1. The van der Waals surface area contributed by atoms with Crippen molar-refractivity contribution in [2.75, 3.05) is 38.7 Å². The molecule has 0 aromatic carbocycles. The normalized spacial score (nSPS) is 14.0. The number of hydrogen-bond acceptors (Lipinski definition) is 5. The van der Waals surface area contributed by atoms with Gasteiger partial charge in [-0.1, -0.05) is 6.92 Å². The van der Waals surface area contributed by atoms with Crippen LogP contribution in [0.1, 0.15) is 6.92 Å². The molecule has 1 atom stereocenters. The van der Waals surface area contributed by atoms with Gasteiger partial charge in [-0.05, 0) is 13.6 Å². The van der Waals surface area contributed by atoms with Crippen LogP contribution in [0.4, 0.5) is 0 Å². The van der Waals surface area contributed by atoms with Crippen LogP contribution in [0.2, 0.25) is 0 Å². The van der Waals surface area contributed by atoms with Crippen molar-refractivity contribution in [2.45, 2.75) is 13.0 Å². The maximum absolute atomic E-state index is 11.0. The van der Waals surface area contributed by atoms with E-state index in [-0.39, 0.29) is 5.75 Å². The smallest absolute Gasteiger partial charge is 0.235 e. The van der Waals surface area contributed by atoms with Crippen molar-refractivity contribution in [1.82, 2.24) is 10.2 Å². The van der Waals surface area contributed by atoms with Crippen molar-refractivity contribution in [3.8, 4) is 0 Å². The predicted molar refractivity (Wildman–Crippen MR) is 63.9 cm³/mol. The van der Waals surface area contributed by atoms with Gasteiger partial charge in [0.2, 0.25) is 5.91 Å². The monoisotopic (exact) mass is 251 g/mol. The molecular formula is C9H21N3O3S. The fourth-order valence-corrected chi connectivity index (χ4v) is 1.87. The lowest BCUT2D eigenvalue weighted by molar-refractivity contribution is -0.120. The van der Waals surface area contributed by atoms with Crippen LogP contribution in [0.3, 0.4) is 0 Å². The number of hydrogen-bond donors (Lipinski definition) is 2. The molecule has 6 nitrogen and oxygen atoms in total. The molecule has 0 aliphatic rings. The van der Waals surface area contributed by atoms with E-state index in [4.69, 9.17) is 5.73 Å². The maximum atomic E-state index is 11.0. The zero-order chi connectivity index (χ0) is 12.8. The van der Waals surface area contributed by atoms with E-state index in [0.717, 1.165) is 0 Å². The van der Waals surface area contributed by atoms with Gasteiger partial charge < -0.3 is 16.0 Å². The Balaban J connectivity index is 4.09. The molecular weight excluding hydrogens is 230 g/mol. The van der Waals surface area contributed by atoms with Gasteiger partial charge in [-0.2, -0.15) is 0 Å². The molecule has 0 radical (unpaired) electrons. The molecule has 0 heterocycles. The molecule has 0 saturated carbocycles. The summed E-state index contributed by atoms with van der Waals surface area (Å²) >= 11 is 0. The van der Waals surface area contributed by atoms with Gasteiger partial charge in [0.15, 0.2) is 0 Å². The van der Waals surface area contributed by atoms with E-state index in [1.165, 1.54) is 6.26 Å². The number of rotatable bonds is 8. The van der Waals surface area contributed by atoms with Gasteiger partial charge in [-0.3, -0.25) is 4.79 Å². The van der Waals surface area contributed by atoms with Gasteiger partial charge in [0.05, 0.1) is 11.8 Å². The SMILES string of the molecule is CCNC(CN(C)CCS(C)(=O)=O)C(N)=O. The van der Waals surface area contributed by atoms with Crippen LogP contribution in [0.25, 0.3) is 0 Å². The van der Waals surface area contributed by atoms with Crippen LogP contribution < -0.4 is 11.1 Å². The molecule has 1 amide bonds. The summed E-state index contributed by atoms with van der Waals surface area (Å²) in [6, 6.07) is -0.436. The molecule has 0 spiro atoms. The Bertz CT molecular complexity index is 316. The molecule has 0 saturated heterocycles. The Morgan fingerprint density at radius 3 is 2.44 bits per heavy atom. The third kappa shape index (κ3) is 7.61. The summed E-state index contributed by atoms with van der Waals surface area (Å²) in [4.78, 5) is 12.8. The Labute approximate surface area is 97.1 Å². The minimum Gasteiger partial charge on any atom is -0.368 e. The molecule has 0 aliphatic carbocycles. The highest BCUT2D eigenvalue weighted by molar-refractivity contribution is 7.90. The number of carbonyl (C=O) groups is 1. The van der Waals surface area contributed by atoms with E-state index in [2.05, 4.69) is 5.32 Å². The van der Waals surface area contributed by atoms with Gasteiger partial charge in [0.1, 0.15) is 9.84 Å². The topological polar surface area (TPSA) is 92.5 Å². The maximum Gasteiger partial charge on any atom is 0.235 e. The first kappa shape index (κ1) is 15.3. The van der Waals surface area contributed by atoms with Gasteiger partial charge in [0, 0.05) is 19.3 Å². The lowest BCUT2D eigenvalue weighted by Gasteiger charge is -2.22. The van der Waals surface area contributed by atoms with Crippen LogP contribution in [0.15, 0.2) is 0 Å². The summed E-state index contributed by atoms with van der Waals surface area (Å²) in [5, 5.41) is 2.94. The van der Waals surface area contributed by atoms with E-state index >= 15 is 0 Å². The van der Waals surface area contributed by atoms with Crippen LogP contribution in [-0.2, 0) is 14.6 Å². The van der Waals surface area contributed by atoms with Crippen LogP contribution >= 0.6 is 0 Å². The van der Waals surface area contributed by atoms with E-state index in [9.17, 15) is 13.2 Å². The van der Waals surface area contributed by atoms with Gasteiger partial charge >= 0.3 is 0 Å².